The summed E-state index contributed by atoms with van der Waals surface area (Å²) in [7, 11) is 0. The molecule has 3 N–H and O–H groups in total. The third-order valence-electron chi connectivity index (χ3n) is 4.29. The van der Waals surface area contributed by atoms with Crippen molar-refractivity contribution in [2.75, 3.05) is 6.61 Å². The van der Waals surface area contributed by atoms with Crippen molar-refractivity contribution in [3.05, 3.63) is 0 Å². The first kappa shape index (κ1) is 16.0. The van der Waals surface area contributed by atoms with Crippen LogP contribution in [0.2, 0.25) is 0 Å². The topological polar surface area (TPSA) is 47.3 Å². The van der Waals surface area contributed by atoms with Crippen LogP contribution in [0.1, 0.15) is 51.4 Å². The molecule has 0 aliphatic heterocycles. The molecule has 2 rings (SSSR count). The van der Waals surface area contributed by atoms with Crippen LogP contribution >= 0.6 is 0 Å². The standard InChI is InChI=1S/C14H25F3N2O/c15-14(16,17)9-20-13-6-2-5-12(8-13)19-11-4-1-3-10(18)7-11/h10-13,19H,1-9,18H2. The first-order valence-corrected chi connectivity index (χ1v) is 7.62. The van der Waals surface area contributed by atoms with Crippen molar-refractivity contribution in [2.45, 2.75) is 81.8 Å². The van der Waals surface area contributed by atoms with Crippen molar-refractivity contribution >= 4 is 0 Å². The van der Waals surface area contributed by atoms with Crippen molar-refractivity contribution in [1.29, 1.82) is 0 Å². The van der Waals surface area contributed by atoms with Crippen molar-refractivity contribution in [2.24, 2.45) is 5.73 Å². The van der Waals surface area contributed by atoms with Gasteiger partial charge in [-0.1, -0.05) is 6.42 Å². The van der Waals surface area contributed by atoms with Crippen LogP contribution in [0.15, 0.2) is 0 Å². The molecule has 2 saturated carbocycles. The molecule has 0 amide bonds. The third kappa shape index (κ3) is 5.58. The van der Waals surface area contributed by atoms with E-state index in [1.54, 1.807) is 0 Å². The van der Waals surface area contributed by atoms with Crippen LogP contribution in [0.25, 0.3) is 0 Å². The lowest BCUT2D eigenvalue weighted by atomic mass is 9.88. The molecule has 20 heavy (non-hydrogen) atoms. The molecular formula is C14H25F3N2O. The van der Waals surface area contributed by atoms with E-state index in [1.807, 2.05) is 0 Å². The van der Waals surface area contributed by atoms with Crippen LogP contribution in [0.5, 0.6) is 0 Å². The molecule has 0 aromatic heterocycles. The Kier molecular flexibility index (Phi) is 5.69. The molecule has 4 atom stereocenters. The van der Waals surface area contributed by atoms with Crippen LogP contribution in [-0.4, -0.2) is 37.0 Å². The SMILES string of the molecule is NC1CCCC(NC2CCCC(OCC(F)(F)F)C2)C1. The molecule has 2 aliphatic carbocycles. The van der Waals surface area contributed by atoms with E-state index >= 15 is 0 Å². The van der Waals surface area contributed by atoms with Gasteiger partial charge in [-0.3, -0.25) is 0 Å². The minimum absolute atomic E-state index is 0.264. The Hall–Kier alpha value is -0.330. The number of hydrogen-bond acceptors (Lipinski definition) is 3. The molecule has 4 unspecified atom stereocenters. The van der Waals surface area contributed by atoms with Gasteiger partial charge in [0.25, 0.3) is 0 Å². The molecule has 0 radical (unpaired) electrons. The monoisotopic (exact) mass is 294 g/mol. The summed E-state index contributed by atoms with van der Waals surface area (Å²) in [6.45, 7) is -1.13. The summed E-state index contributed by atoms with van der Waals surface area (Å²) < 4.78 is 41.5. The van der Waals surface area contributed by atoms with Crippen LogP contribution in [0.4, 0.5) is 13.2 Å². The maximum Gasteiger partial charge on any atom is 0.411 e. The summed E-state index contributed by atoms with van der Waals surface area (Å²) in [5.74, 6) is 0. The minimum atomic E-state index is -4.23. The zero-order valence-electron chi connectivity index (χ0n) is 11.8. The van der Waals surface area contributed by atoms with Gasteiger partial charge in [0.1, 0.15) is 6.61 Å². The first-order valence-electron chi connectivity index (χ1n) is 7.62. The Balaban J connectivity index is 1.72. The van der Waals surface area contributed by atoms with E-state index in [2.05, 4.69) is 5.32 Å². The van der Waals surface area contributed by atoms with Gasteiger partial charge in [0.15, 0.2) is 0 Å². The number of nitrogens with two attached hydrogens (primary N) is 1. The molecule has 2 fully saturated rings. The lowest BCUT2D eigenvalue weighted by molar-refractivity contribution is -0.188. The van der Waals surface area contributed by atoms with Gasteiger partial charge in [0.2, 0.25) is 0 Å². The highest BCUT2D eigenvalue weighted by molar-refractivity contribution is 4.86. The molecule has 0 aromatic rings. The maximum absolute atomic E-state index is 12.2. The van der Waals surface area contributed by atoms with Crippen molar-refractivity contribution in [3.63, 3.8) is 0 Å². The number of rotatable bonds is 4. The van der Waals surface area contributed by atoms with Crippen LogP contribution in [0.3, 0.4) is 0 Å². The van der Waals surface area contributed by atoms with Gasteiger partial charge in [-0.2, -0.15) is 13.2 Å². The Morgan fingerprint density at radius 1 is 1.00 bits per heavy atom. The second kappa shape index (κ2) is 7.09. The van der Waals surface area contributed by atoms with Crippen molar-refractivity contribution in [3.8, 4) is 0 Å². The maximum atomic E-state index is 12.2. The molecule has 0 bridgehead atoms. The van der Waals surface area contributed by atoms with E-state index in [0.717, 1.165) is 44.9 Å². The third-order valence-corrected chi connectivity index (χ3v) is 4.29. The Morgan fingerprint density at radius 3 is 2.30 bits per heavy atom. The smallest absolute Gasteiger partial charge is 0.369 e. The number of hydrogen-bond donors (Lipinski definition) is 2. The summed E-state index contributed by atoms with van der Waals surface area (Å²) >= 11 is 0. The minimum Gasteiger partial charge on any atom is -0.369 e. The van der Waals surface area contributed by atoms with E-state index in [1.165, 1.54) is 0 Å². The fourth-order valence-corrected chi connectivity index (χ4v) is 3.37. The summed E-state index contributed by atoms with van der Waals surface area (Å²) in [5, 5.41) is 3.57. The number of halogens is 3. The first-order chi connectivity index (χ1) is 9.42. The molecule has 118 valence electrons. The molecule has 0 saturated heterocycles. The van der Waals surface area contributed by atoms with Gasteiger partial charge in [-0.25, -0.2) is 0 Å². The van der Waals surface area contributed by atoms with Crippen LogP contribution in [0, 0.1) is 0 Å². The largest absolute Gasteiger partial charge is 0.411 e. The zero-order chi connectivity index (χ0) is 14.6. The highest BCUT2D eigenvalue weighted by Crippen LogP contribution is 2.26. The molecule has 2 aliphatic rings. The van der Waals surface area contributed by atoms with E-state index < -0.39 is 12.8 Å². The highest BCUT2D eigenvalue weighted by Gasteiger charge is 2.32. The zero-order valence-corrected chi connectivity index (χ0v) is 11.8. The summed E-state index contributed by atoms with van der Waals surface area (Å²) in [4.78, 5) is 0. The highest BCUT2D eigenvalue weighted by atomic mass is 19.4. The predicted molar refractivity (Wildman–Crippen MR) is 71.4 cm³/mol. The fourth-order valence-electron chi connectivity index (χ4n) is 3.37. The molecule has 0 heterocycles. The van der Waals surface area contributed by atoms with E-state index in [4.69, 9.17) is 10.5 Å². The van der Waals surface area contributed by atoms with E-state index in [0.29, 0.717) is 12.5 Å². The molecule has 0 spiro atoms. The second-order valence-electron chi connectivity index (χ2n) is 6.20. The Bertz CT molecular complexity index is 299. The molecular weight excluding hydrogens is 269 g/mol. The average molecular weight is 294 g/mol. The molecule has 3 nitrogen and oxygen atoms in total. The Morgan fingerprint density at radius 2 is 1.65 bits per heavy atom. The summed E-state index contributed by atoms with van der Waals surface area (Å²) in [5.41, 5.74) is 5.96. The summed E-state index contributed by atoms with van der Waals surface area (Å²) in [6, 6.07) is 0.963. The predicted octanol–water partition coefficient (Wildman–Crippen LogP) is 2.74. The average Bonchev–Trinajstić information content (AvgIpc) is 2.36. The molecule has 6 heteroatoms. The lowest BCUT2D eigenvalue weighted by Crippen LogP contribution is -2.47. The fraction of sp³-hybridized carbons (Fsp3) is 1.00. The van der Waals surface area contributed by atoms with Gasteiger partial charge < -0.3 is 15.8 Å². The van der Waals surface area contributed by atoms with E-state index in [9.17, 15) is 13.2 Å². The number of ether oxygens (including phenoxy) is 1. The Labute approximate surface area is 118 Å². The van der Waals surface area contributed by atoms with Crippen LogP contribution in [-0.2, 0) is 4.74 Å². The van der Waals surface area contributed by atoms with Crippen molar-refractivity contribution in [1.82, 2.24) is 5.32 Å². The van der Waals surface area contributed by atoms with E-state index in [-0.39, 0.29) is 18.2 Å². The summed E-state index contributed by atoms with van der Waals surface area (Å²) in [6.07, 6.45) is 3.20. The number of alkyl halides is 3. The lowest BCUT2D eigenvalue weighted by Gasteiger charge is -2.35. The number of nitrogens with one attached hydrogen (secondary N) is 1. The normalized spacial score (nSPS) is 36.0. The van der Waals surface area contributed by atoms with Gasteiger partial charge in [-0.05, 0) is 44.9 Å². The van der Waals surface area contributed by atoms with Crippen molar-refractivity contribution < 1.29 is 17.9 Å². The quantitative estimate of drug-likeness (QED) is 0.838. The van der Waals surface area contributed by atoms with Gasteiger partial charge in [0.05, 0.1) is 6.10 Å². The molecule has 0 aromatic carbocycles. The second-order valence-corrected chi connectivity index (χ2v) is 6.20. The van der Waals surface area contributed by atoms with Gasteiger partial charge in [-0.15, -0.1) is 0 Å². The van der Waals surface area contributed by atoms with Crippen LogP contribution < -0.4 is 11.1 Å². The van der Waals surface area contributed by atoms with Gasteiger partial charge >= 0.3 is 6.18 Å². The van der Waals surface area contributed by atoms with Gasteiger partial charge in [0, 0.05) is 18.1 Å².